The van der Waals surface area contributed by atoms with E-state index in [0.717, 1.165) is 12.8 Å². The fourth-order valence-corrected chi connectivity index (χ4v) is 2.61. The van der Waals surface area contributed by atoms with Gasteiger partial charge in [-0.3, -0.25) is 4.79 Å². The van der Waals surface area contributed by atoms with E-state index in [0.29, 0.717) is 10.4 Å². The maximum absolute atomic E-state index is 11.7. The Morgan fingerprint density at radius 1 is 1.47 bits per heavy atom. The lowest BCUT2D eigenvalue weighted by atomic mass is 9.95. The largest absolute Gasteiger partial charge is 0.472 e. The summed E-state index contributed by atoms with van der Waals surface area (Å²) in [5.74, 6) is -0.0416. The van der Waals surface area contributed by atoms with Crippen molar-refractivity contribution in [3.8, 4) is 0 Å². The van der Waals surface area contributed by atoms with E-state index < -0.39 is 0 Å². The molecule has 0 aliphatic heterocycles. The van der Waals surface area contributed by atoms with E-state index in [-0.39, 0.29) is 11.9 Å². The van der Waals surface area contributed by atoms with Crippen LogP contribution in [0, 0.1) is 0 Å². The van der Waals surface area contributed by atoms with Crippen LogP contribution >= 0.6 is 15.9 Å². The first-order valence-electron chi connectivity index (χ1n) is 5.24. The van der Waals surface area contributed by atoms with E-state index in [2.05, 4.69) is 21.2 Å². The number of furan rings is 1. The van der Waals surface area contributed by atoms with Crippen molar-refractivity contribution in [2.24, 2.45) is 0 Å². The third kappa shape index (κ3) is 2.62. The van der Waals surface area contributed by atoms with E-state index in [1.54, 1.807) is 6.07 Å². The maximum atomic E-state index is 11.7. The smallest absolute Gasteiger partial charge is 0.254 e. The number of halogens is 1. The summed E-state index contributed by atoms with van der Waals surface area (Å²) in [6.45, 7) is 0. The fraction of sp³-hybridized carbons (Fsp3) is 0.545. The number of amides is 1. The zero-order chi connectivity index (χ0) is 10.7. The first kappa shape index (κ1) is 10.7. The molecule has 4 heteroatoms. The molecule has 1 saturated carbocycles. The predicted molar refractivity (Wildman–Crippen MR) is 61.1 cm³/mol. The van der Waals surface area contributed by atoms with Crippen molar-refractivity contribution in [1.29, 1.82) is 0 Å². The van der Waals surface area contributed by atoms with Crippen LogP contribution < -0.4 is 5.32 Å². The van der Waals surface area contributed by atoms with Gasteiger partial charge in [0.05, 0.1) is 11.8 Å². The Hall–Kier alpha value is -0.770. The molecule has 0 bridgehead atoms. The first-order valence-corrected chi connectivity index (χ1v) is 6.16. The van der Waals surface area contributed by atoms with E-state index in [4.69, 9.17) is 4.42 Å². The summed E-state index contributed by atoms with van der Waals surface area (Å²) in [7, 11) is 0. The SMILES string of the molecule is O=C(NC1CCCCC1Br)c1ccoc1. The third-order valence-corrected chi connectivity index (χ3v) is 3.88. The third-order valence-electron chi connectivity index (χ3n) is 2.78. The van der Waals surface area contributed by atoms with Crippen LogP contribution in [-0.4, -0.2) is 16.8 Å². The highest BCUT2D eigenvalue weighted by molar-refractivity contribution is 9.09. The molecule has 0 spiro atoms. The highest BCUT2D eigenvalue weighted by atomic mass is 79.9. The Kier molecular flexibility index (Phi) is 3.46. The molecule has 1 N–H and O–H groups in total. The lowest BCUT2D eigenvalue weighted by molar-refractivity contribution is 0.0929. The number of carbonyl (C=O) groups excluding carboxylic acids is 1. The molecule has 0 saturated heterocycles. The molecule has 1 amide bonds. The van der Waals surface area contributed by atoms with Gasteiger partial charge in [0.2, 0.25) is 0 Å². The first-order chi connectivity index (χ1) is 7.27. The summed E-state index contributed by atoms with van der Waals surface area (Å²) in [5.41, 5.74) is 0.597. The van der Waals surface area contributed by atoms with Gasteiger partial charge in [-0.2, -0.15) is 0 Å². The van der Waals surface area contributed by atoms with Crippen LogP contribution in [0.25, 0.3) is 0 Å². The summed E-state index contributed by atoms with van der Waals surface area (Å²) in [4.78, 5) is 12.1. The van der Waals surface area contributed by atoms with Gasteiger partial charge in [-0.05, 0) is 18.9 Å². The Morgan fingerprint density at radius 3 is 2.93 bits per heavy atom. The van der Waals surface area contributed by atoms with Crippen LogP contribution in [-0.2, 0) is 0 Å². The molecule has 1 aliphatic carbocycles. The van der Waals surface area contributed by atoms with Gasteiger partial charge in [0.15, 0.2) is 0 Å². The topological polar surface area (TPSA) is 42.2 Å². The second-order valence-electron chi connectivity index (χ2n) is 3.89. The minimum Gasteiger partial charge on any atom is -0.472 e. The average molecular weight is 272 g/mol. The highest BCUT2D eigenvalue weighted by Gasteiger charge is 2.24. The highest BCUT2D eigenvalue weighted by Crippen LogP contribution is 2.24. The van der Waals surface area contributed by atoms with Crippen LogP contribution in [0.1, 0.15) is 36.0 Å². The van der Waals surface area contributed by atoms with Gasteiger partial charge in [0, 0.05) is 10.9 Å². The average Bonchev–Trinajstić information content (AvgIpc) is 2.74. The summed E-state index contributed by atoms with van der Waals surface area (Å²) in [6.07, 6.45) is 7.62. The van der Waals surface area contributed by atoms with Gasteiger partial charge in [0.25, 0.3) is 5.91 Å². The standard InChI is InChI=1S/C11H14BrNO2/c12-9-3-1-2-4-10(9)13-11(14)8-5-6-15-7-8/h5-7,9-10H,1-4H2,(H,13,14). The number of nitrogens with one attached hydrogen (secondary N) is 1. The fourth-order valence-electron chi connectivity index (χ4n) is 1.89. The lowest BCUT2D eigenvalue weighted by Crippen LogP contribution is -2.42. The van der Waals surface area contributed by atoms with Crippen molar-refractivity contribution >= 4 is 21.8 Å². The van der Waals surface area contributed by atoms with Crippen molar-refractivity contribution in [1.82, 2.24) is 5.32 Å². The van der Waals surface area contributed by atoms with Crippen LogP contribution in [0.5, 0.6) is 0 Å². The number of hydrogen-bond donors (Lipinski definition) is 1. The number of rotatable bonds is 2. The summed E-state index contributed by atoms with van der Waals surface area (Å²) >= 11 is 3.61. The van der Waals surface area contributed by atoms with Gasteiger partial charge < -0.3 is 9.73 Å². The Morgan fingerprint density at radius 2 is 2.27 bits per heavy atom. The zero-order valence-electron chi connectivity index (χ0n) is 8.41. The van der Waals surface area contributed by atoms with Crippen molar-refractivity contribution in [2.45, 2.75) is 36.6 Å². The molecule has 15 heavy (non-hydrogen) atoms. The van der Waals surface area contributed by atoms with Gasteiger partial charge >= 0.3 is 0 Å². The Labute approximate surface area is 97.4 Å². The predicted octanol–water partition coefficient (Wildman–Crippen LogP) is 2.72. The van der Waals surface area contributed by atoms with Crippen molar-refractivity contribution in [3.05, 3.63) is 24.2 Å². The van der Waals surface area contributed by atoms with Crippen LogP contribution in [0.2, 0.25) is 0 Å². The number of carbonyl (C=O) groups is 1. The molecule has 2 unspecified atom stereocenters. The molecular weight excluding hydrogens is 258 g/mol. The van der Waals surface area contributed by atoms with Crippen LogP contribution in [0.3, 0.4) is 0 Å². The quantitative estimate of drug-likeness (QED) is 0.841. The minimum absolute atomic E-state index is 0.0416. The molecule has 1 heterocycles. The van der Waals surface area contributed by atoms with Gasteiger partial charge in [-0.15, -0.1) is 0 Å². The second-order valence-corrected chi connectivity index (χ2v) is 5.07. The van der Waals surface area contributed by atoms with Crippen LogP contribution in [0.4, 0.5) is 0 Å². The monoisotopic (exact) mass is 271 g/mol. The molecule has 1 aromatic rings. The molecule has 2 atom stereocenters. The molecule has 82 valence electrons. The Balaban J connectivity index is 1.93. The van der Waals surface area contributed by atoms with E-state index in [1.807, 2.05) is 0 Å². The number of hydrogen-bond acceptors (Lipinski definition) is 2. The molecule has 0 radical (unpaired) electrons. The van der Waals surface area contributed by atoms with Crippen molar-refractivity contribution < 1.29 is 9.21 Å². The normalized spacial score (nSPS) is 26.2. The van der Waals surface area contributed by atoms with Crippen molar-refractivity contribution in [2.75, 3.05) is 0 Å². The zero-order valence-corrected chi connectivity index (χ0v) is 10.00. The molecule has 3 nitrogen and oxygen atoms in total. The molecule has 2 rings (SSSR count). The minimum atomic E-state index is -0.0416. The van der Waals surface area contributed by atoms with Gasteiger partial charge in [-0.1, -0.05) is 28.8 Å². The van der Waals surface area contributed by atoms with Crippen LogP contribution in [0.15, 0.2) is 23.0 Å². The summed E-state index contributed by atoms with van der Waals surface area (Å²) in [5, 5.41) is 3.03. The van der Waals surface area contributed by atoms with E-state index in [1.165, 1.54) is 25.4 Å². The van der Waals surface area contributed by atoms with Crippen molar-refractivity contribution in [3.63, 3.8) is 0 Å². The Bertz CT molecular complexity index is 323. The van der Waals surface area contributed by atoms with E-state index >= 15 is 0 Å². The molecule has 1 fully saturated rings. The number of alkyl halides is 1. The van der Waals surface area contributed by atoms with E-state index in [9.17, 15) is 4.79 Å². The maximum Gasteiger partial charge on any atom is 0.254 e. The lowest BCUT2D eigenvalue weighted by Gasteiger charge is -2.27. The molecular formula is C11H14BrNO2. The van der Waals surface area contributed by atoms with Gasteiger partial charge in [-0.25, -0.2) is 0 Å². The molecule has 1 aliphatic rings. The molecule has 1 aromatic heterocycles. The second kappa shape index (κ2) is 4.84. The summed E-state index contributed by atoms with van der Waals surface area (Å²) in [6, 6.07) is 1.93. The summed E-state index contributed by atoms with van der Waals surface area (Å²) < 4.78 is 4.88. The van der Waals surface area contributed by atoms with Gasteiger partial charge in [0.1, 0.15) is 6.26 Å². The molecule has 0 aromatic carbocycles.